The summed E-state index contributed by atoms with van der Waals surface area (Å²) in [6.07, 6.45) is 2.20. The van der Waals surface area contributed by atoms with Crippen LogP contribution in [0.4, 0.5) is 14.5 Å². The molecule has 0 radical (unpaired) electrons. The van der Waals surface area contributed by atoms with Crippen molar-refractivity contribution in [2.45, 2.75) is 25.9 Å². The topological polar surface area (TPSA) is 88.2 Å². The molecule has 0 bridgehead atoms. The lowest BCUT2D eigenvalue weighted by Gasteiger charge is -2.18. The van der Waals surface area contributed by atoms with E-state index in [1.807, 2.05) is 0 Å². The molecule has 10 heteroatoms. The Morgan fingerprint density at radius 3 is 2.52 bits per heavy atom. The number of hydrogen-bond donors (Lipinski definition) is 2. The van der Waals surface area contributed by atoms with Crippen LogP contribution in [0.2, 0.25) is 5.02 Å². The standard InChI is InChI=1S/C19H20ClF2N3O3S/c1-11(8-9-29(3,27)28)23-19(26)17-15(21)10-16(18(22)25-17)24-12(2)13-6-4-5-7-14(13)20/h4-12,24H,1-3H3,(H,23,26)/b9-8+/t11-,12+/m1/s1. The van der Waals surface area contributed by atoms with Crippen LogP contribution in [0, 0.1) is 11.8 Å². The number of nitrogens with zero attached hydrogens (tertiary/aromatic N) is 1. The van der Waals surface area contributed by atoms with E-state index in [1.165, 1.54) is 13.0 Å². The number of anilines is 1. The van der Waals surface area contributed by atoms with Crippen LogP contribution in [0.1, 0.15) is 35.9 Å². The predicted octanol–water partition coefficient (Wildman–Crippen LogP) is 3.86. The maximum atomic E-state index is 14.4. The van der Waals surface area contributed by atoms with E-state index in [4.69, 9.17) is 11.6 Å². The molecule has 2 rings (SSSR count). The van der Waals surface area contributed by atoms with Gasteiger partial charge in [0.2, 0.25) is 5.95 Å². The molecule has 2 aromatic rings. The number of rotatable bonds is 7. The molecule has 156 valence electrons. The summed E-state index contributed by atoms with van der Waals surface area (Å²) in [4.78, 5) is 15.6. The minimum absolute atomic E-state index is 0.225. The third kappa shape index (κ3) is 6.50. The fourth-order valence-corrected chi connectivity index (χ4v) is 3.27. The Morgan fingerprint density at radius 2 is 1.90 bits per heavy atom. The number of carbonyl (C=O) groups is 1. The van der Waals surface area contributed by atoms with E-state index in [2.05, 4.69) is 15.6 Å². The summed E-state index contributed by atoms with van der Waals surface area (Å²) in [6, 6.07) is 6.59. The molecule has 0 saturated heterocycles. The molecule has 1 amide bonds. The van der Waals surface area contributed by atoms with Crippen LogP contribution in [-0.2, 0) is 9.84 Å². The number of nitrogens with one attached hydrogen (secondary N) is 2. The largest absolute Gasteiger partial charge is 0.375 e. The number of halogens is 3. The quantitative estimate of drug-likeness (QED) is 0.634. The zero-order chi connectivity index (χ0) is 21.8. The summed E-state index contributed by atoms with van der Waals surface area (Å²) in [6.45, 7) is 3.20. The van der Waals surface area contributed by atoms with Crippen molar-refractivity contribution in [1.82, 2.24) is 10.3 Å². The number of hydrogen-bond acceptors (Lipinski definition) is 5. The average molecular weight is 444 g/mol. The molecule has 0 aliphatic heterocycles. The maximum Gasteiger partial charge on any atom is 0.273 e. The highest BCUT2D eigenvalue weighted by atomic mass is 35.5. The third-order valence-corrected chi connectivity index (χ3v) is 4.86. The molecule has 0 unspecified atom stereocenters. The van der Waals surface area contributed by atoms with Gasteiger partial charge in [0.25, 0.3) is 5.91 Å². The Labute approximate surface area is 172 Å². The molecule has 0 aliphatic rings. The maximum absolute atomic E-state index is 14.4. The summed E-state index contributed by atoms with van der Waals surface area (Å²) >= 11 is 6.11. The van der Waals surface area contributed by atoms with Crippen LogP contribution in [-0.4, -0.2) is 31.6 Å². The SMILES string of the molecule is C[C@H](/C=C/S(C)(=O)=O)NC(=O)c1nc(F)c(N[C@@H](C)c2ccccc2Cl)cc1F. The number of sulfone groups is 1. The molecule has 2 N–H and O–H groups in total. The van der Waals surface area contributed by atoms with Gasteiger partial charge in [-0.3, -0.25) is 4.79 Å². The summed E-state index contributed by atoms with van der Waals surface area (Å²) in [7, 11) is -3.38. The van der Waals surface area contributed by atoms with Gasteiger partial charge in [-0.2, -0.15) is 4.39 Å². The van der Waals surface area contributed by atoms with Gasteiger partial charge in [0.15, 0.2) is 21.3 Å². The Hall–Kier alpha value is -2.52. The molecule has 29 heavy (non-hydrogen) atoms. The number of amides is 1. The molecule has 1 heterocycles. The first kappa shape index (κ1) is 22.8. The van der Waals surface area contributed by atoms with E-state index in [1.54, 1.807) is 31.2 Å². The van der Waals surface area contributed by atoms with E-state index < -0.39 is 45.3 Å². The van der Waals surface area contributed by atoms with Crippen molar-refractivity contribution < 1.29 is 22.0 Å². The Balaban J connectivity index is 2.17. The smallest absolute Gasteiger partial charge is 0.273 e. The number of aromatic nitrogens is 1. The van der Waals surface area contributed by atoms with Crippen LogP contribution in [0.5, 0.6) is 0 Å². The molecule has 1 aromatic carbocycles. The molecule has 0 aliphatic carbocycles. The van der Waals surface area contributed by atoms with Gasteiger partial charge in [-0.05, 0) is 25.5 Å². The second kappa shape index (κ2) is 9.32. The van der Waals surface area contributed by atoms with Crippen molar-refractivity contribution in [2.24, 2.45) is 0 Å². The first-order valence-corrected chi connectivity index (χ1v) is 10.9. The molecule has 0 fully saturated rings. The first-order chi connectivity index (χ1) is 13.5. The first-order valence-electron chi connectivity index (χ1n) is 8.54. The van der Waals surface area contributed by atoms with Gasteiger partial charge in [0.1, 0.15) is 0 Å². The Bertz CT molecular complexity index is 1040. The van der Waals surface area contributed by atoms with Crippen molar-refractivity contribution in [1.29, 1.82) is 0 Å². The molecular weight excluding hydrogens is 424 g/mol. The minimum Gasteiger partial charge on any atom is -0.375 e. The lowest BCUT2D eigenvalue weighted by atomic mass is 10.1. The van der Waals surface area contributed by atoms with Crippen molar-refractivity contribution in [3.05, 3.63) is 69.9 Å². The van der Waals surface area contributed by atoms with Gasteiger partial charge in [0, 0.05) is 28.8 Å². The number of carbonyl (C=O) groups excluding carboxylic acids is 1. The number of benzene rings is 1. The summed E-state index contributed by atoms with van der Waals surface area (Å²) in [5, 5.41) is 6.49. The van der Waals surface area contributed by atoms with Crippen LogP contribution < -0.4 is 10.6 Å². The van der Waals surface area contributed by atoms with Crippen LogP contribution in [0.25, 0.3) is 0 Å². The van der Waals surface area contributed by atoms with Crippen molar-refractivity contribution in [3.63, 3.8) is 0 Å². The second-order valence-electron chi connectivity index (χ2n) is 6.46. The monoisotopic (exact) mass is 443 g/mol. The van der Waals surface area contributed by atoms with E-state index in [0.717, 1.165) is 17.7 Å². The third-order valence-electron chi connectivity index (χ3n) is 3.86. The van der Waals surface area contributed by atoms with Gasteiger partial charge in [-0.15, -0.1) is 0 Å². The fourth-order valence-electron chi connectivity index (χ4n) is 2.45. The molecule has 6 nitrogen and oxygen atoms in total. The van der Waals surface area contributed by atoms with Gasteiger partial charge < -0.3 is 10.6 Å². The number of pyridine rings is 1. The van der Waals surface area contributed by atoms with Gasteiger partial charge >= 0.3 is 0 Å². The van der Waals surface area contributed by atoms with Crippen molar-refractivity contribution >= 4 is 33.0 Å². The highest BCUT2D eigenvalue weighted by Crippen LogP contribution is 2.27. The lowest BCUT2D eigenvalue weighted by molar-refractivity contribution is 0.0936. The summed E-state index contributed by atoms with van der Waals surface area (Å²) < 4.78 is 50.9. The van der Waals surface area contributed by atoms with E-state index in [-0.39, 0.29) is 5.69 Å². The van der Waals surface area contributed by atoms with Crippen molar-refractivity contribution in [3.8, 4) is 0 Å². The predicted molar refractivity (Wildman–Crippen MR) is 109 cm³/mol. The zero-order valence-corrected chi connectivity index (χ0v) is 17.5. The molecule has 1 aromatic heterocycles. The van der Waals surface area contributed by atoms with Crippen LogP contribution in [0.3, 0.4) is 0 Å². The Morgan fingerprint density at radius 1 is 1.24 bits per heavy atom. The van der Waals surface area contributed by atoms with Gasteiger partial charge in [0.05, 0.1) is 11.7 Å². The lowest BCUT2D eigenvalue weighted by Crippen LogP contribution is -2.32. The molecule has 2 atom stereocenters. The highest BCUT2D eigenvalue weighted by Gasteiger charge is 2.20. The Kier molecular flexibility index (Phi) is 7.32. The van der Waals surface area contributed by atoms with E-state index in [9.17, 15) is 22.0 Å². The molecule has 0 spiro atoms. The van der Waals surface area contributed by atoms with Crippen LogP contribution >= 0.6 is 11.6 Å². The van der Waals surface area contributed by atoms with Gasteiger partial charge in [-0.1, -0.05) is 35.9 Å². The summed E-state index contributed by atoms with van der Waals surface area (Å²) in [5.41, 5.74) is -0.281. The van der Waals surface area contributed by atoms with Crippen LogP contribution in [0.15, 0.2) is 41.8 Å². The van der Waals surface area contributed by atoms with Gasteiger partial charge in [-0.25, -0.2) is 17.8 Å². The minimum atomic E-state index is -3.38. The summed E-state index contributed by atoms with van der Waals surface area (Å²) in [5.74, 6) is -3.07. The normalized spacial score (nSPS) is 13.9. The molecular formula is C19H20ClF2N3O3S. The average Bonchev–Trinajstić information content (AvgIpc) is 2.62. The second-order valence-corrected chi connectivity index (χ2v) is 8.80. The van der Waals surface area contributed by atoms with E-state index >= 15 is 0 Å². The molecule has 0 saturated carbocycles. The fraction of sp³-hybridized carbons (Fsp3) is 0.263. The highest BCUT2D eigenvalue weighted by molar-refractivity contribution is 7.93. The van der Waals surface area contributed by atoms with Crippen molar-refractivity contribution in [2.75, 3.05) is 11.6 Å². The van der Waals surface area contributed by atoms with E-state index in [0.29, 0.717) is 10.6 Å². The zero-order valence-electron chi connectivity index (χ0n) is 15.9.